The van der Waals surface area contributed by atoms with Gasteiger partial charge in [0.05, 0.1) is 36.7 Å². The summed E-state index contributed by atoms with van der Waals surface area (Å²) in [5.41, 5.74) is 4.13. The zero-order valence-electron chi connectivity index (χ0n) is 16.6. The molecule has 0 spiro atoms. The van der Waals surface area contributed by atoms with Crippen LogP contribution in [0.1, 0.15) is 5.56 Å². The van der Waals surface area contributed by atoms with E-state index < -0.39 is 0 Å². The third-order valence-electron chi connectivity index (χ3n) is 4.62. The summed E-state index contributed by atoms with van der Waals surface area (Å²) in [6.45, 7) is 2.08. The molecule has 3 aromatic carbocycles. The zero-order chi connectivity index (χ0) is 20.2. The van der Waals surface area contributed by atoms with Gasteiger partial charge >= 0.3 is 0 Å². The van der Waals surface area contributed by atoms with Gasteiger partial charge in [-0.3, -0.25) is 0 Å². The number of ether oxygens (including phenoxy) is 2. The van der Waals surface area contributed by atoms with Crippen LogP contribution in [0.15, 0.2) is 88.8 Å². The van der Waals surface area contributed by atoms with Gasteiger partial charge in [-0.1, -0.05) is 42.1 Å². The van der Waals surface area contributed by atoms with Crippen molar-refractivity contribution in [3.05, 3.63) is 84.6 Å². The van der Waals surface area contributed by atoms with Gasteiger partial charge in [-0.05, 0) is 48.9 Å². The first-order chi connectivity index (χ1) is 14.2. The van der Waals surface area contributed by atoms with Crippen molar-refractivity contribution in [2.75, 3.05) is 14.2 Å². The number of hydrogen-bond donors (Lipinski definition) is 0. The van der Waals surface area contributed by atoms with Crippen molar-refractivity contribution in [1.82, 2.24) is 9.78 Å². The predicted octanol–water partition coefficient (Wildman–Crippen LogP) is 6.02. The Kier molecular flexibility index (Phi) is 5.58. The van der Waals surface area contributed by atoms with E-state index in [9.17, 15) is 0 Å². The van der Waals surface area contributed by atoms with E-state index in [1.54, 1.807) is 26.0 Å². The molecular formula is C24H22N2O2S. The minimum Gasteiger partial charge on any atom is -0.496 e. The summed E-state index contributed by atoms with van der Waals surface area (Å²) >= 11 is 1.66. The average Bonchev–Trinajstić information content (AvgIpc) is 3.24. The molecule has 0 N–H and O–H groups in total. The number of benzene rings is 3. The van der Waals surface area contributed by atoms with Crippen LogP contribution < -0.4 is 9.47 Å². The molecule has 0 saturated carbocycles. The van der Waals surface area contributed by atoms with Crippen LogP contribution in [0.4, 0.5) is 0 Å². The Morgan fingerprint density at radius 3 is 2.34 bits per heavy atom. The van der Waals surface area contributed by atoms with Crippen molar-refractivity contribution >= 4 is 11.8 Å². The van der Waals surface area contributed by atoms with E-state index in [2.05, 4.69) is 48.4 Å². The van der Waals surface area contributed by atoms with Crippen molar-refractivity contribution in [3.63, 3.8) is 0 Å². The Hall–Kier alpha value is -3.18. The maximum absolute atomic E-state index is 5.70. The Bertz CT molecular complexity index is 1120. The number of methoxy groups -OCH3 is 2. The second kappa shape index (κ2) is 8.45. The Morgan fingerprint density at radius 1 is 0.828 bits per heavy atom. The monoisotopic (exact) mass is 402 g/mol. The molecule has 146 valence electrons. The molecule has 29 heavy (non-hydrogen) atoms. The summed E-state index contributed by atoms with van der Waals surface area (Å²) in [7, 11) is 3.36. The second-order valence-corrected chi connectivity index (χ2v) is 7.70. The van der Waals surface area contributed by atoms with Gasteiger partial charge in [0.2, 0.25) is 0 Å². The molecule has 0 amide bonds. The van der Waals surface area contributed by atoms with Crippen molar-refractivity contribution in [2.24, 2.45) is 0 Å². The lowest BCUT2D eigenvalue weighted by Gasteiger charge is -2.16. The van der Waals surface area contributed by atoms with Crippen LogP contribution in [-0.2, 0) is 0 Å². The first-order valence-corrected chi connectivity index (χ1v) is 10.1. The Labute approximate surface area is 175 Å². The van der Waals surface area contributed by atoms with Gasteiger partial charge in [-0.15, -0.1) is 0 Å². The molecule has 0 unspecified atom stereocenters. The van der Waals surface area contributed by atoms with Crippen LogP contribution in [0.5, 0.6) is 11.5 Å². The highest BCUT2D eigenvalue weighted by Gasteiger charge is 2.17. The lowest BCUT2D eigenvalue weighted by atomic mass is 10.1. The summed E-state index contributed by atoms with van der Waals surface area (Å²) < 4.78 is 13.3. The predicted molar refractivity (Wildman–Crippen MR) is 117 cm³/mol. The second-order valence-electron chi connectivity index (χ2n) is 6.59. The Balaban J connectivity index is 1.84. The number of hydrogen-bond acceptors (Lipinski definition) is 4. The smallest absolute Gasteiger partial charge is 0.136 e. The van der Waals surface area contributed by atoms with E-state index >= 15 is 0 Å². The van der Waals surface area contributed by atoms with E-state index in [1.165, 1.54) is 5.56 Å². The molecule has 1 aromatic heterocycles. The van der Waals surface area contributed by atoms with Gasteiger partial charge in [0, 0.05) is 16.5 Å². The molecule has 1 heterocycles. The molecule has 0 aliphatic rings. The fourth-order valence-corrected chi connectivity index (χ4v) is 4.20. The third kappa shape index (κ3) is 4.00. The van der Waals surface area contributed by atoms with E-state index in [0.717, 1.165) is 38.2 Å². The van der Waals surface area contributed by atoms with Crippen LogP contribution in [-0.4, -0.2) is 24.0 Å². The van der Waals surface area contributed by atoms with Gasteiger partial charge < -0.3 is 9.47 Å². The van der Waals surface area contributed by atoms with E-state index in [0.29, 0.717) is 0 Å². The largest absolute Gasteiger partial charge is 0.496 e. The summed E-state index contributed by atoms with van der Waals surface area (Å²) in [6, 6.07) is 24.6. The van der Waals surface area contributed by atoms with Gasteiger partial charge in [-0.25, -0.2) is 4.68 Å². The van der Waals surface area contributed by atoms with Crippen LogP contribution in [0, 0.1) is 6.92 Å². The topological polar surface area (TPSA) is 36.3 Å². The Morgan fingerprint density at radius 2 is 1.62 bits per heavy atom. The van der Waals surface area contributed by atoms with Gasteiger partial charge in [0.15, 0.2) is 0 Å². The lowest BCUT2D eigenvalue weighted by Crippen LogP contribution is -2.01. The SMILES string of the molecule is COc1cc(OC)c(-c2ccnn2-c2cccc(C)c2)cc1Sc1ccccc1. The first-order valence-electron chi connectivity index (χ1n) is 9.30. The molecule has 5 heteroatoms. The molecule has 4 nitrogen and oxygen atoms in total. The highest BCUT2D eigenvalue weighted by Crippen LogP contribution is 2.43. The summed E-state index contributed by atoms with van der Waals surface area (Å²) in [5.74, 6) is 1.52. The lowest BCUT2D eigenvalue weighted by molar-refractivity contribution is 0.388. The first kappa shape index (κ1) is 19.2. The van der Waals surface area contributed by atoms with E-state index in [1.807, 2.05) is 47.3 Å². The molecule has 0 aliphatic carbocycles. The fraction of sp³-hybridized carbons (Fsp3) is 0.125. The minimum atomic E-state index is 0.744. The molecule has 0 fully saturated rings. The number of aryl methyl sites for hydroxylation is 1. The standard InChI is InChI=1S/C24H22N2O2S/c1-17-8-7-9-18(14-17)26-21(12-13-25-26)20-15-24(23(28-3)16-22(20)27-2)29-19-10-5-4-6-11-19/h4-16H,1-3H3. The van der Waals surface area contributed by atoms with Crippen LogP contribution in [0.25, 0.3) is 16.9 Å². The van der Waals surface area contributed by atoms with Crippen molar-refractivity contribution < 1.29 is 9.47 Å². The van der Waals surface area contributed by atoms with Crippen molar-refractivity contribution in [1.29, 1.82) is 0 Å². The third-order valence-corrected chi connectivity index (χ3v) is 5.67. The van der Waals surface area contributed by atoms with Crippen molar-refractivity contribution in [2.45, 2.75) is 16.7 Å². The number of rotatable bonds is 6. The van der Waals surface area contributed by atoms with E-state index in [4.69, 9.17) is 9.47 Å². The van der Waals surface area contributed by atoms with Crippen LogP contribution in [0.2, 0.25) is 0 Å². The molecular weight excluding hydrogens is 380 g/mol. The molecule has 4 aromatic rings. The molecule has 0 atom stereocenters. The minimum absolute atomic E-state index is 0.744. The highest BCUT2D eigenvalue weighted by molar-refractivity contribution is 7.99. The number of aromatic nitrogens is 2. The average molecular weight is 403 g/mol. The molecule has 0 bridgehead atoms. The quantitative estimate of drug-likeness (QED) is 0.395. The van der Waals surface area contributed by atoms with Crippen LogP contribution in [0.3, 0.4) is 0 Å². The summed E-state index contributed by atoms with van der Waals surface area (Å²) in [5, 5.41) is 4.56. The summed E-state index contributed by atoms with van der Waals surface area (Å²) in [4.78, 5) is 2.17. The number of nitrogens with zero attached hydrogens (tertiary/aromatic N) is 2. The summed E-state index contributed by atoms with van der Waals surface area (Å²) in [6.07, 6.45) is 1.81. The highest BCUT2D eigenvalue weighted by atomic mass is 32.2. The van der Waals surface area contributed by atoms with Gasteiger partial charge in [-0.2, -0.15) is 5.10 Å². The molecule has 0 aliphatic heterocycles. The molecule has 0 saturated heterocycles. The van der Waals surface area contributed by atoms with Crippen LogP contribution >= 0.6 is 11.8 Å². The van der Waals surface area contributed by atoms with Gasteiger partial charge in [0.25, 0.3) is 0 Å². The fourth-order valence-electron chi connectivity index (χ4n) is 3.24. The van der Waals surface area contributed by atoms with E-state index in [-0.39, 0.29) is 0 Å². The normalized spacial score (nSPS) is 10.7. The maximum Gasteiger partial charge on any atom is 0.136 e. The maximum atomic E-state index is 5.70. The van der Waals surface area contributed by atoms with Crippen molar-refractivity contribution in [3.8, 4) is 28.4 Å². The van der Waals surface area contributed by atoms with Gasteiger partial charge in [0.1, 0.15) is 11.5 Å². The molecule has 4 rings (SSSR count). The molecule has 0 radical (unpaired) electrons. The zero-order valence-corrected chi connectivity index (χ0v) is 17.4.